The van der Waals surface area contributed by atoms with Gasteiger partial charge in [-0.05, 0) is 55.5 Å². The third-order valence-electron chi connectivity index (χ3n) is 5.47. The molecular formula is C23H29NO5. The number of ether oxygens (including phenoxy) is 2. The first kappa shape index (κ1) is 21.3. The Morgan fingerprint density at radius 2 is 2.00 bits per heavy atom. The Bertz CT molecular complexity index is 880. The van der Waals surface area contributed by atoms with Gasteiger partial charge in [-0.2, -0.15) is 0 Å². The van der Waals surface area contributed by atoms with E-state index < -0.39 is 11.8 Å². The van der Waals surface area contributed by atoms with Gasteiger partial charge in [0.1, 0.15) is 6.61 Å². The third kappa shape index (κ3) is 5.34. The summed E-state index contributed by atoms with van der Waals surface area (Å²) in [6.07, 6.45) is 2.55. The van der Waals surface area contributed by atoms with E-state index in [1.165, 1.54) is 17.7 Å². The van der Waals surface area contributed by atoms with Gasteiger partial charge in [0, 0.05) is 12.8 Å². The molecule has 3 atom stereocenters. The molecular weight excluding hydrogens is 370 g/mol. The van der Waals surface area contributed by atoms with Crippen LogP contribution in [0.1, 0.15) is 45.6 Å². The summed E-state index contributed by atoms with van der Waals surface area (Å²) in [4.78, 5) is 16.7. The summed E-state index contributed by atoms with van der Waals surface area (Å²) >= 11 is 0. The van der Waals surface area contributed by atoms with Crippen LogP contribution in [0.3, 0.4) is 0 Å². The highest BCUT2D eigenvalue weighted by molar-refractivity contribution is 6.01. The SMILES string of the molecule is CC(=NOCCCCC1COC(C)(C(=O)O)OC1C)c1ccc2ccccc2c1. The minimum absolute atomic E-state index is 0.154. The number of unbranched alkanes of at least 4 members (excludes halogenated alkanes) is 1. The Kier molecular flexibility index (Phi) is 6.87. The van der Waals surface area contributed by atoms with E-state index in [-0.39, 0.29) is 12.0 Å². The normalized spacial score (nSPS) is 25.1. The third-order valence-corrected chi connectivity index (χ3v) is 5.47. The van der Waals surface area contributed by atoms with Crippen molar-refractivity contribution in [1.29, 1.82) is 0 Å². The first-order chi connectivity index (χ1) is 13.9. The molecule has 2 aromatic carbocycles. The Morgan fingerprint density at radius 1 is 1.24 bits per heavy atom. The van der Waals surface area contributed by atoms with Crippen LogP contribution in [0.2, 0.25) is 0 Å². The van der Waals surface area contributed by atoms with Gasteiger partial charge in [-0.15, -0.1) is 0 Å². The first-order valence-corrected chi connectivity index (χ1v) is 10.1. The van der Waals surface area contributed by atoms with Crippen LogP contribution in [-0.4, -0.2) is 41.9 Å². The number of benzene rings is 2. The highest BCUT2D eigenvalue weighted by Gasteiger charge is 2.43. The molecule has 29 heavy (non-hydrogen) atoms. The maximum absolute atomic E-state index is 11.2. The predicted molar refractivity (Wildman–Crippen MR) is 112 cm³/mol. The maximum Gasteiger partial charge on any atom is 0.364 e. The Balaban J connectivity index is 1.39. The first-order valence-electron chi connectivity index (χ1n) is 10.1. The zero-order valence-corrected chi connectivity index (χ0v) is 17.3. The molecule has 0 aliphatic carbocycles. The molecule has 6 heteroatoms. The van der Waals surface area contributed by atoms with Gasteiger partial charge in [0.2, 0.25) is 0 Å². The lowest BCUT2D eigenvalue weighted by Gasteiger charge is -2.39. The number of rotatable bonds is 8. The predicted octanol–water partition coefficient (Wildman–Crippen LogP) is 4.60. The zero-order chi connectivity index (χ0) is 20.9. The fourth-order valence-corrected chi connectivity index (χ4v) is 3.50. The van der Waals surface area contributed by atoms with Crippen molar-refractivity contribution >= 4 is 22.5 Å². The van der Waals surface area contributed by atoms with Crippen molar-refractivity contribution < 1.29 is 24.2 Å². The number of hydrogen-bond acceptors (Lipinski definition) is 5. The molecule has 1 heterocycles. The minimum atomic E-state index is -1.53. The van der Waals surface area contributed by atoms with Crippen LogP contribution in [0.4, 0.5) is 0 Å². The number of carbonyl (C=O) groups is 1. The smallest absolute Gasteiger partial charge is 0.364 e. The Labute approximate surface area is 171 Å². The summed E-state index contributed by atoms with van der Waals surface area (Å²) in [5.41, 5.74) is 1.90. The lowest BCUT2D eigenvalue weighted by molar-refractivity contribution is -0.292. The Morgan fingerprint density at radius 3 is 2.72 bits per heavy atom. The molecule has 1 fully saturated rings. The quantitative estimate of drug-likeness (QED) is 0.399. The van der Waals surface area contributed by atoms with E-state index in [1.54, 1.807) is 0 Å². The summed E-state index contributed by atoms with van der Waals surface area (Å²) in [6.45, 7) is 6.24. The van der Waals surface area contributed by atoms with Crippen LogP contribution < -0.4 is 0 Å². The van der Waals surface area contributed by atoms with Gasteiger partial charge in [0.25, 0.3) is 5.79 Å². The molecule has 0 bridgehead atoms. The summed E-state index contributed by atoms with van der Waals surface area (Å²) in [5, 5.41) is 15.8. The van der Waals surface area contributed by atoms with Crippen molar-refractivity contribution in [2.24, 2.45) is 11.1 Å². The van der Waals surface area contributed by atoms with Gasteiger partial charge in [-0.25, -0.2) is 4.79 Å². The lowest BCUT2D eigenvalue weighted by Crippen LogP contribution is -2.51. The van der Waals surface area contributed by atoms with Gasteiger partial charge in [-0.3, -0.25) is 0 Å². The monoisotopic (exact) mass is 399 g/mol. The van der Waals surface area contributed by atoms with Crippen molar-refractivity contribution in [3.8, 4) is 0 Å². The number of oxime groups is 1. The van der Waals surface area contributed by atoms with Crippen molar-refractivity contribution in [3.63, 3.8) is 0 Å². The molecule has 0 spiro atoms. The van der Waals surface area contributed by atoms with E-state index in [0.29, 0.717) is 13.2 Å². The molecule has 1 saturated heterocycles. The van der Waals surface area contributed by atoms with E-state index in [1.807, 2.05) is 26.0 Å². The van der Waals surface area contributed by atoms with Crippen LogP contribution in [0.25, 0.3) is 10.8 Å². The second kappa shape index (κ2) is 9.37. The summed E-state index contributed by atoms with van der Waals surface area (Å²) in [5.74, 6) is -2.44. The molecule has 0 radical (unpaired) electrons. The Hall–Kier alpha value is -2.44. The molecule has 1 aliphatic rings. The topological polar surface area (TPSA) is 77.4 Å². The van der Waals surface area contributed by atoms with Gasteiger partial charge >= 0.3 is 5.97 Å². The highest BCUT2D eigenvalue weighted by Crippen LogP contribution is 2.29. The molecule has 6 nitrogen and oxygen atoms in total. The van der Waals surface area contributed by atoms with Gasteiger partial charge in [-0.1, -0.05) is 41.6 Å². The standard InChI is InChI=1S/C23H29NO5/c1-16(19-12-11-18-8-4-5-9-20(18)14-19)24-28-13-7-6-10-21-15-27-23(3,22(25)26)29-17(21)2/h4-5,8-9,11-12,14,17,21H,6-7,10,13,15H2,1-3H3,(H,25,26). The molecule has 156 valence electrons. The second-order valence-electron chi connectivity index (χ2n) is 7.71. The number of fused-ring (bicyclic) bond motifs is 1. The molecule has 0 saturated carbocycles. The highest BCUT2D eigenvalue weighted by atomic mass is 16.7. The number of nitrogens with zero attached hydrogens (tertiary/aromatic N) is 1. The van der Waals surface area contributed by atoms with Crippen LogP contribution in [-0.2, 0) is 19.1 Å². The van der Waals surface area contributed by atoms with Crippen molar-refractivity contribution in [2.45, 2.75) is 51.9 Å². The fourth-order valence-electron chi connectivity index (χ4n) is 3.50. The molecule has 2 aromatic rings. The van der Waals surface area contributed by atoms with Gasteiger partial charge in [0.05, 0.1) is 18.4 Å². The summed E-state index contributed by atoms with van der Waals surface area (Å²) in [7, 11) is 0. The van der Waals surface area contributed by atoms with Crippen LogP contribution in [0.15, 0.2) is 47.6 Å². The molecule has 0 amide bonds. The summed E-state index contributed by atoms with van der Waals surface area (Å²) < 4.78 is 11.0. The van der Waals surface area contributed by atoms with Gasteiger partial charge < -0.3 is 19.4 Å². The number of hydrogen-bond donors (Lipinski definition) is 1. The van der Waals surface area contributed by atoms with E-state index in [0.717, 1.165) is 30.5 Å². The lowest BCUT2D eigenvalue weighted by atomic mass is 9.96. The average molecular weight is 399 g/mol. The zero-order valence-electron chi connectivity index (χ0n) is 17.3. The summed E-state index contributed by atoms with van der Waals surface area (Å²) in [6, 6.07) is 14.5. The van der Waals surface area contributed by atoms with E-state index in [9.17, 15) is 9.90 Å². The van der Waals surface area contributed by atoms with Crippen LogP contribution in [0.5, 0.6) is 0 Å². The molecule has 1 N–H and O–H groups in total. The molecule has 0 aromatic heterocycles. The molecule has 3 rings (SSSR count). The van der Waals surface area contributed by atoms with E-state index in [4.69, 9.17) is 14.3 Å². The van der Waals surface area contributed by atoms with Crippen molar-refractivity contribution in [1.82, 2.24) is 0 Å². The largest absolute Gasteiger partial charge is 0.477 e. The molecule has 1 aliphatic heterocycles. The van der Waals surface area contributed by atoms with Gasteiger partial charge in [0.15, 0.2) is 0 Å². The number of aliphatic carboxylic acids is 1. The number of carboxylic acid groups (broad SMARTS) is 1. The van der Waals surface area contributed by atoms with Crippen molar-refractivity contribution in [3.05, 3.63) is 48.0 Å². The van der Waals surface area contributed by atoms with Crippen LogP contribution in [0, 0.1) is 5.92 Å². The number of carboxylic acids is 1. The van der Waals surface area contributed by atoms with Crippen LogP contribution >= 0.6 is 0 Å². The van der Waals surface area contributed by atoms with E-state index in [2.05, 4.69) is 35.5 Å². The second-order valence-corrected chi connectivity index (χ2v) is 7.71. The minimum Gasteiger partial charge on any atom is -0.477 e. The fraction of sp³-hybridized carbons (Fsp3) is 0.478. The molecule has 3 unspecified atom stereocenters. The average Bonchev–Trinajstić information content (AvgIpc) is 2.71. The van der Waals surface area contributed by atoms with Crippen molar-refractivity contribution in [2.75, 3.05) is 13.2 Å². The van der Waals surface area contributed by atoms with E-state index >= 15 is 0 Å². The maximum atomic E-state index is 11.2.